The van der Waals surface area contributed by atoms with E-state index < -0.39 is 0 Å². The Bertz CT molecular complexity index is 696. The monoisotopic (exact) mass is 404 g/mol. The Kier molecular flexibility index (Phi) is 3.74. The lowest BCUT2D eigenvalue weighted by Crippen LogP contribution is -1.95. The van der Waals surface area contributed by atoms with Gasteiger partial charge in [-0.25, -0.2) is 9.97 Å². The molecular formula is C10Br2Cl2N4. The quantitative estimate of drug-likeness (QED) is 0.614. The largest absolute Gasteiger partial charge is 0.236 e. The van der Waals surface area contributed by atoms with Crippen LogP contribution in [0.1, 0.15) is 11.1 Å². The molecule has 18 heavy (non-hydrogen) atoms. The summed E-state index contributed by atoms with van der Waals surface area (Å²) in [5.41, 5.74) is 0.883. The first-order chi connectivity index (χ1) is 8.51. The topological polar surface area (TPSA) is 73.4 Å². The highest BCUT2D eigenvalue weighted by atomic mass is 79.9. The maximum Gasteiger partial charge on any atom is 0.126 e. The summed E-state index contributed by atoms with van der Waals surface area (Å²) in [6.07, 6.45) is 0. The molecule has 0 bridgehead atoms. The SMILES string of the molecule is N#Cc1c(Br)nc2c(Cl)c(C#N)c(Br)nc2c1Cl. The number of halogens is 4. The molecule has 0 aliphatic carbocycles. The Balaban J connectivity index is 3.05. The Morgan fingerprint density at radius 3 is 1.44 bits per heavy atom. The first-order valence-corrected chi connectivity index (χ1v) is 6.69. The highest BCUT2D eigenvalue weighted by Crippen LogP contribution is 2.36. The van der Waals surface area contributed by atoms with Crippen LogP contribution in [0.5, 0.6) is 0 Å². The summed E-state index contributed by atoms with van der Waals surface area (Å²) in [4.78, 5) is 8.20. The van der Waals surface area contributed by atoms with Crippen LogP contribution >= 0.6 is 55.1 Å². The lowest BCUT2D eigenvalue weighted by molar-refractivity contribution is 1.25. The van der Waals surface area contributed by atoms with Crippen LogP contribution < -0.4 is 0 Å². The van der Waals surface area contributed by atoms with E-state index in [2.05, 4.69) is 41.8 Å². The molecule has 0 atom stereocenters. The second-order valence-electron chi connectivity index (χ2n) is 3.10. The van der Waals surface area contributed by atoms with Crippen LogP contribution in [0.15, 0.2) is 9.21 Å². The summed E-state index contributed by atoms with van der Waals surface area (Å²) in [6, 6.07) is 3.84. The number of nitrogens with zero attached hydrogens (tertiary/aromatic N) is 4. The lowest BCUT2D eigenvalue weighted by atomic mass is 10.2. The Labute approximate surface area is 128 Å². The summed E-state index contributed by atoms with van der Waals surface area (Å²) in [5, 5.41) is 18.2. The van der Waals surface area contributed by atoms with Crippen LogP contribution in [0.3, 0.4) is 0 Å². The molecule has 0 fully saturated rings. The van der Waals surface area contributed by atoms with Crippen molar-refractivity contribution in [2.45, 2.75) is 0 Å². The van der Waals surface area contributed by atoms with Crippen LogP contribution in [-0.4, -0.2) is 9.97 Å². The van der Waals surface area contributed by atoms with Crippen molar-refractivity contribution in [3.05, 3.63) is 30.4 Å². The molecule has 0 saturated carbocycles. The molecule has 0 unspecified atom stereocenters. The number of hydrogen-bond acceptors (Lipinski definition) is 4. The molecule has 8 heteroatoms. The zero-order valence-electron chi connectivity index (χ0n) is 8.30. The van der Waals surface area contributed by atoms with Crippen LogP contribution in [0, 0.1) is 22.7 Å². The van der Waals surface area contributed by atoms with E-state index in [0.717, 1.165) is 0 Å². The molecule has 2 aromatic heterocycles. The highest BCUT2D eigenvalue weighted by Gasteiger charge is 2.19. The molecule has 0 aliphatic rings. The summed E-state index contributed by atoms with van der Waals surface area (Å²) < 4.78 is 0.523. The van der Waals surface area contributed by atoms with E-state index in [4.69, 9.17) is 33.7 Å². The molecule has 2 aromatic rings. The fourth-order valence-corrected chi connectivity index (χ4v) is 3.01. The van der Waals surface area contributed by atoms with Crippen molar-refractivity contribution in [3.8, 4) is 12.1 Å². The first kappa shape index (κ1) is 13.5. The van der Waals surface area contributed by atoms with Gasteiger partial charge in [0.15, 0.2) is 0 Å². The molecule has 0 saturated heterocycles. The van der Waals surface area contributed by atoms with Crippen molar-refractivity contribution in [3.63, 3.8) is 0 Å². The van der Waals surface area contributed by atoms with Gasteiger partial charge in [0.1, 0.15) is 43.5 Å². The van der Waals surface area contributed by atoms with Crippen molar-refractivity contribution >= 4 is 66.1 Å². The van der Waals surface area contributed by atoms with Gasteiger partial charge in [-0.15, -0.1) is 0 Å². The first-order valence-electron chi connectivity index (χ1n) is 4.35. The standard InChI is InChI=1S/C10Br2Cl2N4/c11-9-3(1-15)5(13)7-8(17-9)6(14)4(2-16)10(12)18-7. The third-order valence-electron chi connectivity index (χ3n) is 2.14. The summed E-state index contributed by atoms with van der Waals surface area (Å²) >= 11 is 18.4. The van der Waals surface area contributed by atoms with Gasteiger partial charge >= 0.3 is 0 Å². The predicted octanol–water partition coefficient (Wildman–Crippen LogP) is 4.20. The van der Waals surface area contributed by atoms with Crippen molar-refractivity contribution in [2.75, 3.05) is 0 Å². The molecule has 0 spiro atoms. The second-order valence-corrected chi connectivity index (χ2v) is 5.36. The number of nitriles is 2. The van der Waals surface area contributed by atoms with Gasteiger partial charge in [0.25, 0.3) is 0 Å². The van der Waals surface area contributed by atoms with Gasteiger partial charge in [0.05, 0.1) is 10.0 Å². The number of aromatic nitrogens is 2. The average Bonchev–Trinajstić information content (AvgIpc) is 2.32. The average molecular weight is 407 g/mol. The van der Waals surface area contributed by atoms with E-state index in [1.165, 1.54) is 0 Å². The van der Waals surface area contributed by atoms with Gasteiger partial charge in [0, 0.05) is 0 Å². The summed E-state index contributed by atoms with van der Waals surface area (Å²) in [5.74, 6) is 0. The maximum atomic E-state index is 8.97. The molecular weight excluding hydrogens is 407 g/mol. The van der Waals surface area contributed by atoms with Crippen LogP contribution in [0.4, 0.5) is 0 Å². The number of hydrogen-bond donors (Lipinski definition) is 0. The van der Waals surface area contributed by atoms with E-state index in [9.17, 15) is 0 Å². The van der Waals surface area contributed by atoms with E-state index in [0.29, 0.717) is 0 Å². The van der Waals surface area contributed by atoms with Crippen LogP contribution in [-0.2, 0) is 0 Å². The minimum atomic E-state index is 0.140. The molecule has 0 aromatic carbocycles. The van der Waals surface area contributed by atoms with Gasteiger partial charge < -0.3 is 0 Å². The highest BCUT2D eigenvalue weighted by molar-refractivity contribution is 9.10. The molecule has 0 radical (unpaired) electrons. The Morgan fingerprint density at radius 2 is 1.17 bits per heavy atom. The van der Waals surface area contributed by atoms with Gasteiger partial charge in [-0.3, -0.25) is 0 Å². The van der Waals surface area contributed by atoms with Gasteiger partial charge in [-0.05, 0) is 31.9 Å². The summed E-state index contributed by atoms with van der Waals surface area (Å²) in [7, 11) is 0. The number of fused-ring (bicyclic) bond motifs is 1. The van der Waals surface area contributed by atoms with E-state index in [1.807, 2.05) is 12.1 Å². The van der Waals surface area contributed by atoms with Crippen LogP contribution in [0.25, 0.3) is 11.0 Å². The van der Waals surface area contributed by atoms with E-state index >= 15 is 0 Å². The maximum absolute atomic E-state index is 8.97. The minimum absolute atomic E-state index is 0.140. The van der Waals surface area contributed by atoms with E-state index in [-0.39, 0.29) is 41.4 Å². The zero-order valence-corrected chi connectivity index (χ0v) is 13.0. The normalized spacial score (nSPS) is 10.1. The van der Waals surface area contributed by atoms with Gasteiger partial charge in [-0.1, -0.05) is 23.2 Å². The summed E-state index contributed by atoms with van der Waals surface area (Å²) in [6.45, 7) is 0. The number of pyridine rings is 2. The smallest absolute Gasteiger partial charge is 0.126 e. The molecule has 4 nitrogen and oxygen atoms in total. The second kappa shape index (κ2) is 4.99. The molecule has 88 valence electrons. The zero-order chi connectivity index (χ0) is 13.4. The van der Waals surface area contributed by atoms with Gasteiger partial charge in [-0.2, -0.15) is 10.5 Å². The molecule has 0 amide bonds. The Morgan fingerprint density at radius 1 is 0.833 bits per heavy atom. The fourth-order valence-electron chi connectivity index (χ4n) is 1.33. The minimum Gasteiger partial charge on any atom is -0.236 e. The third kappa shape index (κ3) is 1.96. The predicted molar refractivity (Wildman–Crippen MR) is 74.4 cm³/mol. The third-order valence-corrected chi connectivity index (χ3v) is 4.02. The molecule has 2 rings (SSSR count). The van der Waals surface area contributed by atoms with Crippen molar-refractivity contribution in [1.29, 1.82) is 10.5 Å². The van der Waals surface area contributed by atoms with Crippen molar-refractivity contribution in [1.82, 2.24) is 9.97 Å². The molecule has 0 aliphatic heterocycles. The molecule has 2 heterocycles. The van der Waals surface area contributed by atoms with Crippen molar-refractivity contribution in [2.24, 2.45) is 0 Å². The van der Waals surface area contributed by atoms with Gasteiger partial charge in [0.2, 0.25) is 0 Å². The van der Waals surface area contributed by atoms with E-state index in [1.54, 1.807) is 0 Å². The Hall–Kier alpha value is -0.920. The lowest BCUT2D eigenvalue weighted by Gasteiger charge is -2.07. The molecule has 0 N–H and O–H groups in total. The van der Waals surface area contributed by atoms with Crippen molar-refractivity contribution < 1.29 is 0 Å². The fraction of sp³-hybridized carbons (Fsp3) is 0. The van der Waals surface area contributed by atoms with Crippen LogP contribution in [0.2, 0.25) is 10.0 Å². The number of rotatable bonds is 0.